The van der Waals surface area contributed by atoms with E-state index < -0.39 is 0 Å². The molecular weight excluding hydrogens is 200 g/mol. The number of piperidine rings is 1. The second-order valence-corrected chi connectivity index (χ2v) is 4.85. The lowest BCUT2D eigenvalue weighted by molar-refractivity contribution is 0.0122. The van der Waals surface area contributed by atoms with E-state index >= 15 is 0 Å². The molecule has 0 aromatic rings. The van der Waals surface area contributed by atoms with Crippen molar-refractivity contribution in [1.82, 2.24) is 10.2 Å². The maximum atomic E-state index is 9.30. The predicted octanol–water partition coefficient (Wildman–Crippen LogP) is 0.474. The molecule has 2 N–H and O–H groups in total. The summed E-state index contributed by atoms with van der Waals surface area (Å²) in [7, 11) is 0. The molecule has 1 unspecified atom stereocenters. The average molecular weight is 221 g/mol. The Bertz CT molecular complexity index is 187. The summed E-state index contributed by atoms with van der Waals surface area (Å²) in [5, 5.41) is 12.6. The van der Waals surface area contributed by atoms with E-state index in [1.165, 1.54) is 19.4 Å². The fourth-order valence-electron chi connectivity index (χ4n) is 2.33. The second-order valence-electron chi connectivity index (χ2n) is 4.85. The number of aliphatic hydroxyl groups excluding tert-OH is 1. The van der Waals surface area contributed by atoms with E-state index in [0.29, 0.717) is 6.61 Å². The quantitative estimate of drug-likeness (QED) is 0.711. The molecule has 1 atom stereocenters. The molecule has 2 saturated heterocycles. The molecule has 0 bridgehead atoms. The fourth-order valence-corrected chi connectivity index (χ4v) is 2.33. The lowest BCUT2D eigenvalue weighted by atomic mass is 9.82. The molecule has 84 valence electrons. The van der Waals surface area contributed by atoms with Gasteiger partial charge < -0.3 is 10.4 Å². The molecule has 0 spiro atoms. The van der Waals surface area contributed by atoms with Crippen LogP contribution in [0, 0.1) is 5.41 Å². The monoisotopic (exact) mass is 220 g/mol. The van der Waals surface area contributed by atoms with Crippen LogP contribution in [0.3, 0.4) is 0 Å². The maximum absolute atomic E-state index is 9.30. The Labute approximate surface area is 92.3 Å². The summed E-state index contributed by atoms with van der Waals surface area (Å²) in [6.07, 6.45) is 2.42. The zero-order valence-corrected chi connectivity index (χ0v) is 9.65. The third-order valence-corrected chi connectivity index (χ3v) is 3.47. The van der Waals surface area contributed by atoms with Gasteiger partial charge in [0.2, 0.25) is 0 Å². The molecule has 0 radical (unpaired) electrons. The fraction of sp³-hybridized carbons (Fsp3) is 1.00. The molecule has 0 saturated carbocycles. The zero-order valence-electron chi connectivity index (χ0n) is 8.83. The van der Waals surface area contributed by atoms with Crippen molar-refractivity contribution in [2.75, 3.05) is 32.8 Å². The Hall–Kier alpha value is 0.170. The average Bonchev–Trinajstić information content (AvgIpc) is 2.01. The van der Waals surface area contributed by atoms with Crippen LogP contribution in [-0.4, -0.2) is 48.8 Å². The van der Waals surface area contributed by atoms with Crippen LogP contribution in [0.2, 0.25) is 0 Å². The number of nitrogens with one attached hydrogen (secondary N) is 1. The number of hydrogen-bond acceptors (Lipinski definition) is 3. The highest BCUT2D eigenvalue weighted by Crippen LogP contribution is 2.30. The first-order valence-electron chi connectivity index (χ1n) is 5.29. The lowest BCUT2D eigenvalue weighted by Crippen LogP contribution is -2.60. The van der Waals surface area contributed by atoms with Gasteiger partial charge in [0.05, 0.1) is 0 Å². The Morgan fingerprint density at radius 2 is 2.21 bits per heavy atom. The van der Waals surface area contributed by atoms with Crippen molar-refractivity contribution in [2.45, 2.75) is 25.8 Å². The van der Waals surface area contributed by atoms with Gasteiger partial charge in [0.1, 0.15) is 0 Å². The van der Waals surface area contributed by atoms with Crippen molar-refractivity contribution in [1.29, 1.82) is 0 Å². The lowest BCUT2D eigenvalue weighted by Gasteiger charge is -2.46. The van der Waals surface area contributed by atoms with Crippen LogP contribution >= 0.6 is 12.4 Å². The SMILES string of the molecule is CC1(CO)CCCN(C2CNC2)C1.Cl. The van der Waals surface area contributed by atoms with Gasteiger partial charge in [-0.2, -0.15) is 0 Å². The molecule has 4 heteroatoms. The number of nitrogens with zero attached hydrogens (tertiary/aromatic N) is 1. The van der Waals surface area contributed by atoms with Crippen LogP contribution in [0.25, 0.3) is 0 Å². The van der Waals surface area contributed by atoms with E-state index in [1.807, 2.05) is 0 Å². The predicted molar refractivity (Wildman–Crippen MR) is 59.9 cm³/mol. The molecule has 2 aliphatic heterocycles. The molecule has 0 aromatic carbocycles. The Balaban J connectivity index is 0.000000980. The molecule has 2 rings (SSSR count). The minimum absolute atomic E-state index is 0. The molecular formula is C10H21ClN2O. The minimum atomic E-state index is 0. The van der Waals surface area contributed by atoms with Crippen LogP contribution in [-0.2, 0) is 0 Å². The van der Waals surface area contributed by atoms with E-state index in [0.717, 1.165) is 25.7 Å². The summed E-state index contributed by atoms with van der Waals surface area (Å²) < 4.78 is 0. The van der Waals surface area contributed by atoms with Crippen molar-refractivity contribution in [3.05, 3.63) is 0 Å². The van der Waals surface area contributed by atoms with Crippen LogP contribution < -0.4 is 5.32 Å². The molecule has 2 heterocycles. The standard InChI is InChI=1S/C10H20N2O.ClH/c1-10(8-13)3-2-4-12(7-10)9-5-11-6-9;/h9,11,13H,2-8H2,1H3;1H. The van der Waals surface area contributed by atoms with Crippen molar-refractivity contribution in [3.63, 3.8) is 0 Å². The normalized spacial score (nSPS) is 34.7. The summed E-state index contributed by atoms with van der Waals surface area (Å²) in [6, 6.07) is 0.742. The summed E-state index contributed by atoms with van der Waals surface area (Å²) >= 11 is 0. The van der Waals surface area contributed by atoms with Crippen LogP contribution in [0.1, 0.15) is 19.8 Å². The van der Waals surface area contributed by atoms with Gasteiger partial charge in [0.15, 0.2) is 0 Å². The Kier molecular flexibility index (Phi) is 4.19. The van der Waals surface area contributed by atoms with Gasteiger partial charge in [-0.3, -0.25) is 4.90 Å². The third kappa shape index (κ3) is 2.40. The van der Waals surface area contributed by atoms with E-state index in [4.69, 9.17) is 0 Å². The highest BCUT2D eigenvalue weighted by Gasteiger charge is 2.35. The van der Waals surface area contributed by atoms with Gasteiger partial charge in [-0.15, -0.1) is 12.4 Å². The Morgan fingerprint density at radius 1 is 1.50 bits per heavy atom. The van der Waals surface area contributed by atoms with Crippen molar-refractivity contribution < 1.29 is 5.11 Å². The highest BCUT2D eigenvalue weighted by molar-refractivity contribution is 5.85. The van der Waals surface area contributed by atoms with Gasteiger partial charge >= 0.3 is 0 Å². The molecule has 2 aliphatic rings. The number of aliphatic hydroxyl groups is 1. The van der Waals surface area contributed by atoms with Gasteiger partial charge in [-0.05, 0) is 19.4 Å². The summed E-state index contributed by atoms with van der Waals surface area (Å²) in [6.45, 7) is 7.12. The van der Waals surface area contributed by atoms with Crippen molar-refractivity contribution in [3.8, 4) is 0 Å². The number of halogens is 1. The van der Waals surface area contributed by atoms with Gasteiger partial charge in [0, 0.05) is 37.7 Å². The topological polar surface area (TPSA) is 35.5 Å². The largest absolute Gasteiger partial charge is 0.396 e. The number of rotatable bonds is 2. The first-order valence-corrected chi connectivity index (χ1v) is 5.29. The summed E-state index contributed by atoms with van der Waals surface area (Å²) in [5.74, 6) is 0. The first-order chi connectivity index (χ1) is 6.23. The highest BCUT2D eigenvalue weighted by atomic mass is 35.5. The maximum Gasteiger partial charge on any atom is 0.0497 e. The smallest absolute Gasteiger partial charge is 0.0497 e. The van der Waals surface area contributed by atoms with E-state index in [1.54, 1.807) is 0 Å². The summed E-state index contributed by atoms with van der Waals surface area (Å²) in [5.41, 5.74) is 0.161. The molecule has 0 amide bonds. The van der Waals surface area contributed by atoms with E-state index in [2.05, 4.69) is 17.1 Å². The van der Waals surface area contributed by atoms with Crippen molar-refractivity contribution >= 4 is 12.4 Å². The van der Waals surface area contributed by atoms with Gasteiger partial charge in [0.25, 0.3) is 0 Å². The molecule has 3 nitrogen and oxygen atoms in total. The zero-order chi connectivity index (χ0) is 9.31. The van der Waals surface area contributed by atoms with Crippen LogP contribution in [0.5, 0.6) is 0 Å². The molecule has 2 fully saturated rings. The Morgan fingerprint density at radius 3 is 2.71 bits per heavy atom. The minimum Gasteiger partial charge on any atom is -0.396 e. The van der Waals surface area contributed by atoms with E-state index in [9.17, 15) is 5.11 Å². The third-order valence-electron chi connectivity index (χ3n) is 3.47. The van der Waals surface area contributed by atoms with Crippen LogP contribution in [0.4, 0.5) is 0 Å². The summed E-state index contributed by atoms with van der Waals surface area (Å²) in [4.78, 5) is 2.54. The molecule has 0 aromatic heterocycles. The first kappa shape index (κ1) is 12.2. The number of hydrogen-bond donors (Lipinski definition) is 2. The molecule has 0 aliphatic carbocycles. The van der Waals surface area contributed by atoms with Gasteiger partial charge in [-0.1, -0.05) is 6.92 Å². The van der Waals surface area contributed by atoms with E-state index in [-0.39, 0.29) is 17.8 Å². The molecule has 14 heavy (non-hydrogen) atoms. The number of likely N-dealkylation sites (tertiary alicyclic amines) is 1. The van der Waals surface area contributed by atoms with Crippen molar-refractivity contribution in [2.24, 2.45) is 5.41 Å². The van der Waals surface area contributed by atoms with Gasteiger partial charge in [-0.25, -0.2) is 0 Å². The van der Waals surface area contributed by atoms with Crippen LogP contribution in [0.15, 0.2) is 0 Å². The second kappa shape index (κ2) is 4.79.